The average molecular weight is 259 g/mol. The molecule has 0 radical (unpaired) electrons. The van der Waals surface area contributed by atoms with E-state index in [2.05, 4.69) is 10.2 Å². The number of amides is 1. The number of H-pyrrole nitrogens is 1. The zero-order valence-electron chi connectivity index (χ0n) is 10.2. The summed E-state index contributed by atoms with van der Waals surface area (Å²) in [4.78, 5) is 24.9. The minimum atomic E-state index is -0.935. The fourth-order valence-corrected chi connectivity index (χ4v) is 2.51. The molecular weight excluding hydrogens is 246 g/mol. The Bertz CT molecular complexity index is 649. The van der Waals surface area contributed by atoms with E-state index in [9.17, 15) is 9.59 Å². The van der Waals surface area contributed by atoms with Gasteiger partial charge < -0.3 is 10.0 Å². The number of aliphatic carboxylic acids is 1. The van der Waals surface area contributed by atoms with Crippen molar-refractivity contribution in [3.63, 3.8) is 0 Å². The Morgan fingerprint density at radius 3 is 3.05 bits per heavy atom. The molecule has 0 spiro atoms. The fraction of sp³-hybridized carbons (Fsp3) is 0.308. The van der Waals surface area contributed by atoms with Gasteiger partial charge in [-0.1, -0.05) is 0 Å². The van der Waals surface area contributed by atoms with Crippen molar-refractivity contribution in [3.05, 3.63) is 30.0 Å². The van der Waals surface area contributed by atoms with E-state index in [0.717, 1.165) is 17.3 Å². The number of fused-ring (bicyclic) bond motifs is 1. The van der Waals surface area contributed by atoms with E-state index in [1.165, 1.54) is 4.90 Å². The van der Waals surface area contributed by atoms with Crippen molar-refractivity contribution in [2.24, 2.45) is 0 Å². The van der Waals surface area contributed by atoms with Crippen molar-refractivity contribution in [1.29, 1.82) is 0 Å². The number of carboxylic acid groups (broad SMARTS) is 1. The summed E-state index contributed by atoms with van der Waals surface area (Å²) in [6.07, 6.45) is 2.90. The SMILES string of the molecule is O=C(O)C1CCCN1C(=O)c1ccc2[nH]ncc2c1. The van der Waals surface area contributed by atoms with E-state index in [4.69, 9.17) is 5.11 Å². The summed E-state index contributed by atoms with van der Waals surface area (Å²) in [6.45, 7) is 0.499. The molecule has 1 amide bonds. The third-order valence-electron chi connectivity index (χ3n) is 3.49. The van der Waals surface area contributed by atoms with Crippen LogP contribution >= 0.6 is 0 Å². The number of hydrogen-bond donors (Lipinski definition) is 2. The van der Waals surface area contributed by atoms with Gasteiger partial charge in [0.15, 0.2) is 0 Å². The first-order valence-corrected chi connectivity index (χ1v) is 6.14. The Kier molecular flexibility index (Phi) is 2.70. The van der Waals surface area contributed by atoms with Crippen molar-refractivity contribution in [3.8, 4) is 0 Å². The second kappa shape index (κ2) is 4.38. The molecular formula is C13H13N3O3. The van der Waals surface area contributed by atoms with Crippen molar-refractivity contribution < 1.29 is 14.7 Å². The van der Waals surface area contributed by atoms with Crippen LogP contribution in [-0.2, 0) is 4.79 Å². The number of aromatic amines is 1. The number of hydrogen-bond acceptors (Lipinski definition) is 3. The summed E-state index contributed by atoms with van der Waals surface area (Å²) >= 11 is 0. The average Bonchev–Trinajstić information content (AvgIpc) is 3.05. The number of benzene rings is 1. The molecule has 1 aliphatic rings. The topological polar surface area (TPSA) is 86.3 Å². The fourth-order valence-electron chi connectivity index (χ4n) is 2.51. The molecule has 2 heterocycles. The molecule has 0 saturated carbocycles. The largest absolute Gasteiger partial charge is 0.480 e. The smallest absolute Gasteiger partial charge is 0.326 e. The Morgan fingerprint density at radius 2 is 2.26 bits per heavy atom. The molecule has 0 bridgehead atoms. The zero-order chi connectivity index (χ0) is 13.4. The maximum Gasteiger partial charge on any atom is 0.326 e. The number of likely N-dealkylation sites (tertiary alicyclic amines) is 1. The lowest BCUT2D eigenvalue weighted by molar-refractivity contribution is -0.141. The predicted molar refractivity (Wildman–Crippen MR) is 67.8 cm³/mol. The van der Waals surface area contributed by atoms with E-state index in [1.54, 1.807) is 24.4 Å². The Labute approximate surface area is 109 Å². The molecule has 1 aromatic heterocycles. The first-order valence-electron chi connectivity index (χ1n) is 6.14. The first kappa shape index (κ1) is 11.7. The summed E-state index contributed by atoms with van der Waals surface area (Å²) in [5.74, 6) is -1.16. The monoisotopic (exact) mass is 259 g/mol. The van der Waals surface area contributed by atoms with E-state index in [-0.39, 0.29) is 5.91 Å². The number of aromatic nitrogens is 2. The quantitative estimate of drug-likeness (QED) is 0.849. The summed E-state index contributed by atoms with van der Waals surface area (Å²) in [5, 5.41) is 16.7. The molecule has 19 heavy (non-hydrogen) atoms. The minimum Gasteiger partial charge on any atom is -0.480 e. The van der Waals surface area contributed by atoms with Crippen molar-refractivity contribution in [1.82, 2.24) is 15.1 Å². The van der Waals surface area contributed by atoms with Crippen LogP contribution in [0.5, 0.6) is 0 Å². The van der Waals surface area contributed by atoms with Gasteiger partial charge >= 0.3 is 5.97 Å². The molecule has 2 N–H and O–H groups in total. The van der Waals surface area contributed by atoms with Gasteiger partial charge in [0.25, 0.3) is 5.91 Å². The molecule has 6 nitrogen and oxygen atoms in total. The van der Waals surface area contributed by atoms with Crippen LogP contribution in [0.25, 0.3) is 10.9 Å². The summed E-state index contributed by atoms with van der Waals surface area (Å²) < 4.78 is 0. The van der Waals surface area contributed by atoms with Gasteiger partial charge in [0.2, 0.25) is 0 Å². The van der Waals surface area contributed by atoms with Crippen molar-refractivity contribution in [2.75, 3.05) is 6.54 Å². The highest BCUT2D eigenvalue weighted by atomic mass is 16.4. The van der Waals surface area contributed by atoms with Crippen LogP contribution in [0.15, 0.2) is 24.4 Å². The second-order valence-corrected chi connectivity index (χ2v) is 4.67. The highest BCUT2D eigenvalue weighted by molar-refractivity contribution is 5.99. The van der Waals surface area contributed by atoms with Crippen molar-refractivity contribution in [2.45, 2.75) is 18.9 Å². The maximum absolute atomic E-state index is 12.4. The first-order chi connectivity index (χ1) is 9.16. The number of nitrogens with zero attached hydrogens (tertiary/aromatic N) is 2. The summed E-state index contributed by atoms with van der Waals surface area (Å²) in [7, 11) is 0. The Hall–Kier alpha value is -2.37. The molecule has 0 aliphatic carbocycles. The standard InChI is InChI=1S/C13H13N3O3/c17-12(16-5-1-2-11(16)13(18)19)8-3-4-10-9(6-8)7-14-15-10/h3-4,6-7,11H,1-2,5H2,(H,14,15)(H,18,19). The van der Waals surface area contributed by atoms with Crippen LogP contribution < -0.4 is 0 Å². The van der Waals surface area contributed by atoms with Gasteiger partial charge in [0.05, 0.1) is 11.7 Å². The van der Waals surface area contributed by atoms with Gasteiger partial charge in [-0.15, -0.1) is 0 Å². The molecule has 1 fully saturated rings. The third-order valence-corrected chi connectivity index (χ3v) is 3.49. The van der Waals surface area contributed by atoms with Crippen LogP contribution in [0.1, 0.15) is 23.2 Å². The van der Waals surface area contributed by atoms with Crippen LogP contribution in [0.3, 0.4) is 0 Å². The molecule has 1 aromatic carbocycles. The molecule has 1 saturated heterocycles. The van der Waals surface area contributed by atoms with Gasteiger partial charge in [0, 0.05) is 17.5 Å². The predicted octanol–water partition coefficient (Wildman–Crippen LogP) is 1.25. The van der Waals surface area contributed by atoms with Gasteiger partial charge in [-0.2, -0.15) is 5.10 Å². The minimum absolute atomic E-state index is 0.229. The van der Waals surface area contributed by atoms with Crippen LogP contribution in [0, 0.1) is 0 Å². The van der Waals surface area contributed by atoms with E-state index in [0.29, 0.717) is 18.5 Å². The Morgan fingerprint density at radius 1 is 1.42 bits per heavy atom. The van der Waals surface area contributed by atoms with Gasteiger partial charge in [-0.25, -0.2) is 4.79 Å². The van der Waals surface area contributed by atoms with E-state index < -0.39 is 12.0 Å². The van der Waals surface area contributed by atoms with E-state index in [1.807, 2.05) is 0 Å². The lowest BCUT2D eigenvalue weighted by Crippen LogP contribution is -2.40. The normalized spacial score (nSPS) is 18.9. The lowest BCUT2D eigenvalue weighted by atomic mass is 10.1. The number of carbonyl (C=O) groups excluding carboxylic acids is 1. The zero-order valence-corrected chi connectivity index (χ0v) is 10.2. The highest BCUT2D eigenvalue weighted by Crippen LogP contribution is 2.22. The molecule has 6 heteroatoms. The molecule has 2 aromatic rings. The number of rotatable bonds is 2. The van der Waals surface area contributed by atoms with Crippen molar-refractivity contribution >= 4 is 22.8 Å². The van der Waals surface area contributed by atoms with Gasteiger partial charge in [-0.05, 0) is 31.0 Å². The molecule has 1 aliphatic heterocycles. The van der Waals surface area contributed by atoms with Gasteiger partial charge in [0.1, 0.15) is 6.04 Å². The van der Waals surface area contributed by atoms with Crippen LogP contribution in [0.2, 0.25) is 0 Å². The maximum atomic E-state index is 12.4. The van der Waals surface area contributed by atoms with E-state index >= 15 is 0 Å². The summed E-state index contributed by atoms with van der Waals surface area (Å²) in [6, 6.07) is 4.51. The third kappa shape index (κ3) is 1.95. The molecule has 1 unspecified atom stereocenters. The Balaban J connectivity index is 1.92. The van der Waals surface area contributed by atoms with Crippen LogP contribution in [-0.4, -0.2) is 44.7 Å². The summed E-state index contributed by atoms with van der Waals surface area (Å²) in [5.41, 5.74) is 1.36. The van der Waals surface area contributed by atoms with Crippen LogP contribution in [0.4, 0.5) is 0 Å². The number of carboxylic acids is 1. The second-order valence-electron chi connectivity index (χ2n) is 4.67. The number of nitrogens with one attached hydrogen (secondary N) is 1. The molecule has 3 rings (SSSR count). The highest BCUT2D eigenvalue weighted by Gasteiger charge is 2.34. The molecule has 1 atom stereocenters. The van der Waals surface area contributed by atoms with Gasteiger partial charge in [-0.3, -0.25) is 9.89 Å². The number of carbonyl (C=O) groups is 2. The lowest BCUT2D eigenvalue weighted by Gasteiger charge is -2.21. The molecule has 98 valence electrons.